The number of imidazole rings is 2. The van der Waals surface area contributed by atoms with Gasteiger partial charge in [0, 0.05) is 30.8 Å². The standard InChI is InChI=1S/C29H32N6O3.C15H17F3N2O/c1-18(2)26(34-29(37)38-3)28(36)35-14-4-5-25(35)27-31-16-24(33-27)22-12-8-20(9-13-22)19-6-10-21(11-7-19)23-15-30-17-32-23;16-15(17,18)13-11(2-1-5-19-13)8-20-14(21)12-7-9-3-4-10(12)6-9/h6-13,15-18,25-26H,4-5,14H2,1-3H3,(H,30,32)(H,31,33)(H,34,37);1-2,5,9-10,12H,3-4,6-8H2,(H,20,21). The Balaban J connectivity index is 0.000000212. The van der Waals surface area contributed by atoms with Gasteiger partial charge in [-0.2, -0.15) is 13.2 Å². The maximum Gasteiger partial charge on any atom is 0.433 e. The van der Waals surface area contributed by atoms with Crippen molar-refractivity contribution in [3.63, 3.8) is 0 Å². The van der Waals surface area contributed by atoms with E-state index >= 15 is 0 Å². The Morgan fingerprint density at radius 1 is 0.898 bits per heavy atom. The second kappa shape index (κ2) is 17.9. The molecule has 2 aliphatic carbocycles. The van der Waals surface area contributed by atoms with Gasteiger partial charge in [-0.25, -0.2) is 14.8 Å². The van der Waals surface area contributed by atoms with Crippen molar-refractivity contribution < 1.29 is 32.3 Å². The molecule has 0 radical (unpaired) electrons. The number of nitrogens with zero attached hydrogens (tertiary/aromatic N) is 4. The quantitative estimate of drug-likeness (QED) is 0.110. The number of aromatic nitrogens is 5. The third-order valence-corrected chi connectivity index (χ3v) is 11.7. The van der Waals surface area contributed by atoms with Crippen LogP contribution in [0.2, 0.25) is 0 Å². The number of H-pyrrole nitrogens is 2. The third-order valence-electron chi connectivity index (χ3n) is 11.7. The number of benzene rings is 2. The Morgan fingerprint density at radius 3 is 2.19 bits per heavy atom. The van der Waals surface area contributed by atoms with Crippen LogP contribution in [0.25, 0.3) is 33.6 Å². The lowest BCUT2D eigenvalue weighted by atomic mass is 9.88. The Hall–Kier alpha value is -5.99. The number of hydrogen-bond acceptors (Lipinski definition) is 7. The molecule has 8 rings (SSSR count). The average molecular weight is 811 g/mol. The molecule has 310 valence electrons. The molecular weight excluding hydrogens is 762 g/mol. The Labute approximate surface area is 340 Å². The fraction of sp³-hybridized carbons (Fsp3) is 0.409. The molecule has 1 aliphatic heterocycles. The molecule has 3 fully saturated rings. The molecule has 5 atom stereocenters. The van der Waals surface area contributed by atoms with Gasteiger partial charge in [0.2, 0.25) is 11.8 Å². The minimum absolute atomic E-state index is 0.0153. The Bertz CT molecular complexity index is 2210. The number of carbonyl (C=O) groups excluding carboxylic acids is 3. The highest BCUT2D eigenvalue weighted by Crippen LogP contribution is 2.48. The first-order valence-electron chi connectivity index (χ1n) is 20.1. The first-order valence-corrected chi connectivity index (χ1v) is 20.1. The smallest absolute Gasteiger partial charge is 0.433 e. The fourth-order valence-electron chi connectivity index (χ4n) is 8.66. The van der Waals surface area contributed by atoms with Gasteiger partial charge in [0.15, 0.2) is 0 Å². The van der Waals surface area contributed by atoms with Gasteiger partial charge < -0.3 is 30.2 Å². The highest BCUT2D eigenvalue weighted by atomic mass is 19.4. The number of alkyl carbamates (subject to hydrolysis) is 1. The number of likely N-dealkylation sites (tertiary alicyclic amines) is 1. The second-order valence-corrected chi connectivity index (χ2v) is 15.9. The number of pyridine rings is 1. The zero-order valence-corrected chi connectivity index (χ0v) is 33.3. The van der Waals surface area contributed by atoms with Crippen LogP contribution in [0.3, 0.4) is 0 Å². The van der Waals surface area contributed by atoms with Crippen LogP contribution in [0.4, 0.5) is 18.0 Å². The van der Waals surface area contributed by atoms with Crippen molar-refractivity contribution >= 4 is 17.9 Å². The number of alkyl halides is 3. The van der Waals surface area contributed by atoms with Gasteiger partial charge in [-0.3, -0.25) is 14.6 Å². The summed E-state index contributed by atoms with van der Waals surface area (Å²) in [4.78, 5) is 57.8. The molecule has 2 aromatic carbocycles. The van der Waals surface area contributed by atoms with E-state index in [1.54, 1.807) is 6.33 Å². The van der Waals surface area contributed by atoms with Crippen molar-refractivity contribution in [2.24, 2.45) is 23.7 Å². The number of aromatic amines is 2. The summed E-state index contributed by atoms with van der Waals surface area (Å²) in [6.07, 6.45) is 7.26. The highest BCUT2D eigenvalue weighted by molar-refractivity contribution is 5.86. The van der Waals surface area contributed by atoms with E-state index in [-0.39, 0.29) is 41.8 Å². The van der Waals surface area contributed by atoms with Gasteiger partial charge in [-0.15, -0.1) is 0 Å². The molecule has 5 aromatic rings. The molecule has 4 N–H and O–H groups in total. The van der Waals surface area contributed by atoms with E-state index < -0.39 is 24.0 Å². The van der Waals surface area contributed by atoms with Crippen molar-refractivity contribution in [2.75, 3.05) is 13.7 Å². The number of carbonyl (C=O) groups is 3. The van der Waals surface area contributed by atoms with Crippen molar-refractivity contribution in [2.45, 2.75) is 77.2 Å². The number of rotatable bonds is 10. The van der Waals surface area contributed by atoms with Crippen molar-refractivity contribution in [1.29, 1.82) is 0 Å². The summed E-state index contributed by atoms with van der Waals surface area (Å²) in [7, 11) is 1.30. The summed E-state index contributed by atoms with van der Waals surface area (Å²) in [6.45, 7) is 4.33. The number of methoxy groups -OCH3 is 1. The minimum Gasteiger partial charge on any atom is -0.453 e. The van der Waals surface area contributed by atoms with Gasteiger partial charge >= 0.3 is 12.3 Å². The first-order chi connectivity index (χ1) is 28.4. The number of hydrogen-bond donors (Lipinski definition) is 4. The number of halogens is 3. The zero-order chi connectivity index (χ0) is 41.7. The second-order valence-electron chi connectivity index (χ2n) is 15.9. The molecule has 3 aliphatic rings. The Morgan fingerprint density at radius 2 is 1.59 bits per heavy atom. The SMILES string of the molecule is COC(=O)NC(C(=O)N1CCCC1c1ncc(-c2ccc(-c3ccc(-c4cnc[nH]4)cc3)cc2)[nH]1)C(C)C.O=C(NCc1cccnc1C(F)(F)F)C1CC2CCC1C2. The molecule has 0 spiro atoms. The molecular formula is C44H49F3N8O4. The topological polar surface area (TPSA) is 158 Å². The molecule has 2 bridgehead atoms. The van der Waals surface area contributed by atoms with Crippen LogP contribution in [-0.2, 0) is 27.0 Å². The van der Waals surface area contributed by atoms with E-state index in [1.807, 2.05) is 31.1 Å². The van der Waals surface area contributed by atoms with E-state index in [0.29, 0.717) is 18.4 Å². The molecule has 1 saturated heterocycles. The maximum atomic E-state index is 13.4. The molecule has 2 saturated carbocycles. The van der Waals surface area contributed by atoms with E-state index in [4.69, 9.17) is 4.74 Å². The molecule has 4 heterocycles. The lowest BCUT2D eigenvalue weighted by molar-refractivity contribution is -0.142. The summed E-state index contributed by atoms with van der Waals surface area (Å²) in [6, 6.07) is 18.7. The van der Waals surface area contributed by atoms with Gasteiger partial charge in [0.1, 0.15) is 17.6 Å². The van der Waals surface area contributed by atoms with Crippen LogP contribution in [0, 0.1) is 23.7 Å². The summed E-state index contributed by atoms with van der Waals surface area (Å²) in [5, 5.41) is 5.35. The van der Waals surface area contributed by atoms with Crippen LogP contribution < -0.4 is 10.6 Å². The van der Waals surface area contributed by atoms with Crippen LogP contribution >= 0.6 is 0 Å². The average Bonchev–Trinajstić information content (AvgIpc) is 4.11. The van der Waals surface area contributed by atoms with Gasteiger partial charge in [0.05, 0.1) is 43.3 Å². The van der Waals surface area contributed by atoms with Crippen LogP contribution in [0.15, 0.2) is 85.6 Å². The number of fused-ring (bicyclic) bond motifs is 2. The fourth-order valence-corrected chi connectivity index (χ4v) is 8.66. The Kier molecular flexibility index (Phi) is 12.5. The molecule has 59 heavy (non-hydrogen) atoms. The molecule has 3 aromatic heterocycles. The van der Waals surface area contributed by atoms with Crippen molar-refractivity contribution in [3.05, 3.63) is 103 Å². The molecule has 15 heteroatoms. The molecule has 12 nitrogen and oxygen atoms in total. The summed E-state index contributed by atoms with van der Waals surface area (Å²) >= 11 is 0. The predicted molar refractivity (Wildman–Crippen MR) is 215 cm³/mol. The highest BCUT2D eigenvalue weighted by Gasteiger charge is 2.43. The lowest BCUT2D eigenvalue weighted by Crippen LogP contribution is -2.51. The van der Waals surface area contributed by atoms with Gasteiger partial charge in [-0.05, 0) is 78.2 Å². The summed E-state index contributed by atoms with van der Waals surface area (Å²) in [5.41, 5.74) is 5.34. The van der Waals surface area contributed by atoms with Crippen LogP contribution in [0.1, 0.15) is 75.5 Å². The van der Waals surface area contributed by atoms with E-state index in [0.717, 1.165) is 77.8 Å². The van der Waals surface area contributed by atoms with Crippen LogP contribution in [-0.4, -0.2) is 67.4 Å². The summed E-state index contributed by atoms with van der Waals surface area (Å²) < 4.78 is 43.2. The van der Waals surface area contributed by atoms with Crippen LogP contribution in [0.5, 0.6) is 0 Å². The van der Waals surface area contributed by atoms with E-state index in [2.05, 4.69) is 84.1 Å². The predicted octanol–water partition coefficient (Wildman–Crippen LogP) is 8.33. The van der Waals surface area contributed by atoms with Gasteiger partial charge in [-0.1, -0.05) is 74.9 Å². The largest absolute Gasteiger partial charge is 0.453 e. The maximum absolute atomic E-state index is 13.4. The summed E-state index contributed by atoms with van der Waals surface area (Å²) in [5.74, 6) is 1.49. The van der Waals surface area contributed by atoms with Crippen molar-refractivity contribution in [1.82, 2.24) is 40.5 Å². The van der Waals surface area contributed by atoms with Crippen molar-refractivity contribution in [3.8, 4) is 33.6 Å². The van der Waals surface area contributed by atoms with E-state index in [1.165, 1.54) is 25.7 Å². The normalized spacial score (nSPS) is 20.2. The number of amides is 3. The molecule has 3 amide bonds. The lowest BCUT2D eigenvalue weighted by Gasteiger charge is -2.30. The third kappa shape index (κ3) is 9.50. The number of nitrogens with one attached hydrogen (secondary N) is 4. The van der Waals surface area contributed by atoms with Gasteiger partial charge in [0.25, 0.3) is 0 Å². The number of ether oxygens (including phenoxy) is 1. The zero-order valence-electron chi connectivity index (χ0n) is 33.3. The first kappa shape index (κ1) is 41.2. The van der Waals surface area contributed by atoms with E-state index in [9.17, 15) is 27.6 Å². The minimum atomic E-state index is -4.49. The monoisotopic (exact) mass is 810 g/mol. The molecule has 5 unspecified atom stereocenters.